The maximum Gasteiger partial charge on any atom is 0.310 e. The topological polar surface area (TPSA) is 37.3 Å². The van der Waals surface area contributed by atoms with Crippen molar-refractivity contribution < 1.29 is 9.90 Å². The molecule has 5 rings (SSSR count). The third-order valence-corrected chi connectivity index (χ3v) is 6.56. The maximum atomic E-state index is 12.4. The van der Waals surface area contributed by atoms with Crippen molar-refractivity contribution in [2.24, 2.45) is 0 Å². The molecule has 2 heteroatoms. The van der Waals surface area contributed by atoms with E-state index in [0.717, 1.165) is 36.6 Å². The summed E-state index contributed by atoms with van der Waals surface area (Å²) in [5, 5.41) is 19.7. The van der Waals surface area contributed by atoms with Crippen LogP contribution in [0.5, 0.6) is 0 Å². The minimum Gasteiger partial charge on any atom is -0.481 e. The molecule has 0 spiro atoms. The molecule has 5 aromatic rings. The van der Waals surface area contributed by atoms with E-state index in [-0.39, 0.29) is 0 Å². The molecule has 1 atom stereocenters. The third kappa shape index (κ3) is 2.90. The Kier molecular flexibility index (Phi) is 4.78. The van der Waals surface area contributed by atoms with Gasteiger partial charge in [-0.3, -0.25) is 4.79 Å². The molecule has 0 aliphatic rings. The molecule has 1 N–H and O–H groups in total. The molecular weight excluding hydrogens is 368 g/mol. The number of carbonyl (C=O) groups is 1. The Hall–Kier alpha value is -3.13. The minimum absolute atomic E-state index is 0.477. The van der Waals surface area contributed by atoms with Crippen LogP contribution in [-0.4, -0.2) is 11.1 Å². The number of hydrogen-bond donors (Lipinski definition) is 1. The summed E-state index contributed by atoms with van der Waals surface area (Å²) in [4.78, 5) is 12.4. The number of carboxylic acids is 1. The lowest BCUT2D eigenvalue weighted by Gasteiger charge is -2.20. The number of aliphatic carboxylic acids is 1. The molecule has 0 saturated heterocycles. The number of rotatable bonds is 7. The zero-order valence-electron chi connectivity index (χ0n) is 17.3. The number of hydrogen-bond acceptors (Lipinski definition) is 1. The van der Waals surface area contributed by atoms with Crippen LogP contribution in [0, 0.1) is 0 Å². The second kappa shape index (κ2) is 7.60. The van der Waals surface area contributed by atoms with Crippen LogP contribution in [-0.2, 0) is 4.79 Å². The van der Waals surface area contributed by atoms with E-state index in [1.807, 2.05) is 0 Å². The molecule has 0 aliphatic carbocycles. The second-order valence-electron chi connectivity index (χ2n) is 8.38. The van der Waals surface area contributed by atoms with Crippen LogP contribution in [0.1, 0.15) is 50.5 Å². The molecule has 150 valence electrons. The standard InChI is InChI=1S/C28H26O2/c1-2-3-4-5-12-23(28(29)30)22-17-16-19-11-7-14-21-20-13-6-9-18-10-8-15-24(25(18)20)27(22)26(19)21/h6-11,13-17,23H,2-5,12H2,1H3,(H,29,30). The predicted molar refractivity (Wildman–Crippen MR) is 127 cm³/mol. The number of fused-ring (bicyclic) bond motifs is 2. The fourth-order valence-electron chi connectivity index (χ4n) is 5.16. The van der Waals surface area contributed by atoms with Crippen LogP contribution in [0.2, 0.25) is 0 Å². The number of benzene rings is 5. The van der Waals surface area contributed by atoms with Crippen molar-refractivity contribution in [2.75, 3.05) is 0 Å². The van der Waals surface area contributed by atoms with Gasteiger partial charge < -0.3 is 5.11 Å². The lowest BCUT2D eigenvalue weighted by atomic mass is 9.83. The summed E-state index contributed by atoms with van der Waals surface area (Å²) < 4.78 is 0. The van der Waals surface area contributed by atoms with Crippen molar-refractivity contribution in [3.63, 3.8) is 0 Å². The quantitative estimate of drug-likeness (QED) is 0.173. The van der Waals surface area contributed by atoms with E-state index < -0.39 is 11.9 Å². The van der Waals surface area contributed by atoms with E-state index in [4.69, 9.17) is 0 Å². The van der Waals surface area contributed by atoms with Crippen molar-refractivity contribution in [1.29, 1.82) is 0 Å². The zero-order valence-corrected chi connectivity index (χ0v) is 17.3. The van der Waals surface area contributed by atoms with Gasteiger partial charge in [0, 0.05) is 0 Å². The Balaban J connectivity index is 1.85. The third-order valence-electron chi connectivity index (χ3n) is 6.56. The molecule has 0 saturated carbocycles. The minimum atomic E-state index is -0.717. The first-order valence-electron chi connectivity index (χ1n) is 11.0. The van der Waals surface area contributed by atoms with Gasteiger partial charge in [-0.05, 0) is 55.1 Å². The monoisotopic (exact) mass is 394 g/mol. The van der Waals surface area contributed by atoms with Gasteiger partial charge in [0.2, 0.25) is 0 Å². The predicted octanol–water partition coefficient (Wildman–Crippen LogP) is 7.88. The van der Waals surface area contributed by atoms with E-state index >= 15 is 0 Å². The molecule has 30 heavy (non-hydrogen) atoms. The molecule has 5 aromatic carbocycles. The number of unbranched alkanes of at least 4 members (excludes halogenated alkanes) is 3. The van der Waals surface area contributed by atoms with Gasteiger partial charge in [-0.1, -0.05) is 99.3 Å². The van der Waals surface area contributed by atoms with Gasteiger partial charge in [0.1, 0.15) is 0 Å². The van der Waals surface area contributed by atoms with Crippen LogP contribution < -0.4 is 0 Å². The first-order valence-corrected chi connectivity index (χ1v) is 11.0. The molecule has 1 unspecified atom stereocenters. The fraction of sp³-hybridized carbons (Fsp3) is 0.250. The van der Waals surface area contributed by atoms with Crippen LogP contribution in [0.4, 0.5) is 0 Å². The van der Waals surface area contributed by atoms with Crippen molar-refractivity contribution >= 4 is 49.1 Å². The summed E-state index contributed by atoms with van der Waals surface area (Å²) in [5.41, 5.74) is 0.959. The fourth-order valence-corrected chi connectivity index (χ4v) is 5.16. The summed E-state index contributed by atoms with van der Waals surface area (Å²) in [6.45, 7) is 2.18. The molecular formula is C28H26O2. The SMILES string of the molecule is CCCCCCC(C(=O)O)c1ccc2cccc3c4cccc5cccc(c1c23)c54. The summed E-state index contributed by atoms with van der Waals surface area (Å²) in [7, 11) is 0. The molecule has 0 aromatic heterocycles. The Morgan fingerprint density at radius 2 is 1.37 bits per heavy atom. The number of carboxylic acid groups (broad SMARTS) is 1. The lowest BCUT2D eigenvalue weighted by Crippen LogP contribution is -2.12. The van der Waals surface area contributed by atoms with E-state index in [0.29, 0.717) is 6.42 Å². The van der Waals surface area contributed by atoms with E-state index in [1.165, 1.54) is 37.7 Å². The van der Waals surface area contributed by atoms with Crippen LogP contribution in [0.25, 0.3) is 43.1 Å². The van der Waals surface area contributed by atoms with Crippen LogP contribution in [0.3, 0.4) is 0 Å². The molecule has 0 amide bonds. The Bertz CT molecular complexity index is 1360. The average Bonchev–Trinajstić information content (AvgIpc) is 2.77. The molecule has 0 aliphatic heterocycles. The van der Waals surface area contributed by atoms with E-state index in [9.17, 15) is 9.90 Å². The van der Waals surface area contributed by atoms with Crippen molar-refractivity contribution in [2.45, 2.75) is 44.9 Å². The summed E-state index contributed by atoms with van der Waals surface area (Å²) in [6.07, 6.45) is 5.04. The van der Waals surface area contributed by atoms with Crippen molar-refractivity contribution in [3.05, 3.63) is 72.3 Å². The Labute approximate surface area is 176 Å². The van der Waals surface area contributed by atoms with E-state index in [2.05, 4.69) is 73.7 Å². The van der Waals surface area contributed by atoms with Gasteiger partial charge in [0.05, 0.1) is 5.92 Å². The smallest absolute Gasteiger partial charge is 0.310 e. The molecule has 2 nitrogen and oxygen atoms in total. The molecule has 0 radical (unpaired) electrons. The summed E-state index contributed by atoms with van der Waals surface area (Å²) in [6, 6.07) is 23.4. The van der Waals surface area contributed by atoms with Gasteiger partial charge in [-0.15, -0.1) is 0 Å². The summed E-state index contributed by atoms with van der Waals surface area (Å²) >= 11 is 0. The molecule has 0 bridgehead atoms. The normalized spacial score (nSPS) is 13.0. The largest absolute Gasteiger partial charge is 0.481 e. The van der Waals surface area contributed by atoms with Crippen LogP contribution >= 0.6 is 0 Å². The highest BCUT2D eigenvalue weighted by molar-refractivity contribution is 6.33. The highest BCUT2D eigenvalue weighted by atomic mass is 16.4. The van der Waals surface area contributed by atoms with Gasteiger partial charge in [-0.2, -0.15) is 0 Å². The lowest BCUT2D eigenvalue weighted by molar-refractivity contribution is -0.139. The van der Waals surface area contributed by atoms with Crippen molar-refractivity contribution in [3.8, 4) is 0 Å². The second-order valence-corrected chi connectivity index (χ2v) is 8.38. The molecule has 0 heterocycles. The Morgan fingerprint density at radius 3 is 2.03 bits per heavy atom. The highest BCUT2D eigenvalue weighted by Crippen LogP contribution is 2.43. The maximum absolute atomic E-state index is 12.4. The van der Waals surface area contributed by atoms with Gasteiger partial charge in [0.15, 0.2) is 0 Å². The van der Waals surface area contributed by atoms with Crippen molar-refractivity contribution in [1.82, 2.24) is 0 Å². The highest BCUT2D eigenvalue weighted by Gasteiger charge is 2.24. The van der Waals surface area contributed by atoms with Gasteiger partial charge in [0.25, 0.3) is 0 Å². The zero-order chi connectivity index (χ0) is 20.7. The van der Waals surface area contributed by atoms with Gasteiger partial charge >= 0.3 is 5.97 Å². The van der Waals surface area contributed by atoms with Gasteiger partial charge in [-0.25, -0.2) is 0 Å². The van der Waals surface area contributed by atoms with E-state index in [1.54, 1.807) is 0 Å². The van der Waals surface area contributed by atoms with Crippen LogP contribution in [0.15, 0.2) is 66.7 Å². The average molecular weight is 395 g/mol. The molecule has 0 fully saturated rings. The summed E-state index contributed by atoms with van der Waals surface area (Å²) in [5.74, 6) is -1.19. The first kappa shape index (κ1) is 18.9. The Morgan fingerprint density at radius 1 is 0.733 bits per heavy atom. The first-order chi connectivity index (χ1) is 14.7.